The number of amides is 2. The number of nitrogens with one attached hydrogen (secondary N) is 1. The van der Waals surface area contributed by atoms with Gasteiger partial charge in [-0.2, -0.15) is 0 Å². The molecular formula is C24H24N4O6S. The molecule has 10 nitrogen and oxygen atoms in total. The average Bonchev–Trinajstić information content (AvgIpc) is 3.58. The number of fused-ring (bicyclic) bond motifs is 1. The molecule has 2 aliphatic rings. The summed E-state index contributed by atoms with van der Waals surface area (Å²) < 4.78 is 21.2. The van der Waals surface area contributed by atoms with Crippen molar-refractivity contribution in [2.24, 2.45) is 0 Å². The van der Waals surface area contributed by atoms with E-state index in [0.717, 1.165) is 17.8 Å². The van der Waals surface area contributed by atoms with Crippen LogP contribution in [0.1, 0.15) is 43.9 Å². The van der Waals surface area contributed by atoms with Gasteiger partial charge >= 0.3 is 0 Å². The number of carbonyl (C=O) groups excluding carboxylic acids is 2. The van der Waals surface area contributed by atoms with Crippen molar-refractivity contribution in [3.63, 3.8) is 0 Å². The maximum atomic E-state index is 13.0. The largest absolute Gasteiger partial charge is 0.497 e. The van der Waals surface area contributed by atoms with Gasteiger partial charge in [0.2, 0.25) is 11.8 Å². The van der Waals surface area contributed by atoms with E-state index in [1.165, 1.54) is 11.3 Å². The number of anilines is 1. The average molecular weight is 497 g/mol. The zero-order chi connectivity index (χ0) is 24.4. The molecule has 182 valence electrons. The lowest BCUT2D eigenvalue weighted by atomic mass is 9.97. The topological polar surface area (TPSA) is 112 Å². The zero-order valence-electron chi connectivity index (χ0n) is 19.3. The van der Waals surface area contributed by atoms with Crippen molar-refractivity contribution < 1.29 is 28.5 Å². The van der Waals surface area contributed by atoms with E-state index < -0.39 is 0 Å². The molecule has 2 aromatic carbocycles. The molecular weight excluding hydrogens is 472 g/mol. The van der Waals surface area contributed by atoms with Gasteiger partial charge in [0.15, 0.2) is 11.5 Å². The second kappa shape index (κ2) is 9.79. The van der Waals surface area contributed by atoms with Gasteiger partial charge in [-0.05, 0) is 37.1 Å². The van der Waals surface area contributed by atoms with Gasteiger partial charge < -0.3 is 29.2 Å². The molecule has 0 unspecified atom stereocenters. The number of ether oxygens (including phenoxy) is 4. The molecule has 1 saturated heterocycles. The van der Waals surface area contributed by atoms with Gasteiger partial charge in [0, 0.05) is 42.4 Å². The van der Waals surface area contributed by atoms with Crippen LogP contribution < -0.4 is 24.3 Å². The third-order valence-corrected chi connectivity index (χ3v) is 7.08. The first-order valence-electron chi connectivity index (χ1n) is 11.1. The highest BCUT2D eigenvalue weighted by Gasteiger charge is 2.28. The molecule has 1 aromatic heterocycles. The molecule has 3 heterocycles. The fraction of sp³-hybridized carbons (Fsp3) is 0.333. The van der Waals surface area contributed by atoms with Crippen molar-refractivity contribution >= 4 is 28.8 Å². The quantitative estimate of drug-likeness (QED) is 0.551. The van der Waals surface area contributed by atoms with Crippen molar-refractivity contribution in [2.45, 2.75) is 18.8 Å². The first kappa shape index (κ1) is 22.9. The Morgan fingerprint density at radius 3 is 2.43 bits per heavy atom. The predicted molar refractivity (Wildman–Crippen MR) is 128 cm³/mol. The lowest BCUT2D eigenvalue weighted by molar-refractivity contribution is 0.0712. The number of likely N-dealkylation sites (tertiary alicyclic amines) is 1. The minimum Gasteiger partial charge on any atom is -0.497 e. The number of aromatic nitrogens is 2. The second-order valence-corrected chi connectivity index (χ2v) is 9.14. The molecule has 3 aromatic rings. The minimum atomic E-state index is -0.327. The summed E-state index contributed by atoms with van der Waals surface area (Å²) in [6, 6.07) is 10.4. The van der Waals surface area contributed by atoms with E-state index in [2.05, 4.69) is 15.5 Å². The SMILES string of the molecule is COc1cc(OC)cc(C(=O)N2CCC(c3nnc(C(=O)Nc4ccc5c(c4)OCO5)s3)CC2)c1. The normalized spacial score (nSPS) is 15.1. The van der Waals surface area contributed by atoms with E-state index >= 15 is 0 Å². The monoisotopic (exact) mass is 496 g/mol. The van der Waals surface area contributed by atoms with Gasteiger partial charge in [-0.3, -0.25) is 9.59 Å². The molecule has 0 saturated carbocycles. The fourth-order valence-electron chi connectivity index (χ4n) is 4.09. The van der Waals surface area contributed by atoms with Crippen molar-refractivity contribution in [1.82, 2.24) is 15.1 Å². The fourth-order valence-corrected chi connectivity index (χ4v) is 5.00. The first-order valence-corrected chi connectivity index (χ1v) is 11.9. The predicted octanol–water partition coefficient (Wildman–Crippen LogP) is 3.56. The summed E-state index contributed by atoms with van der Waals surface area (Å²) in [5.74, 6) is 2.13. The van der Waals surface area contributed by atoms with Gasteiger partial charge in [0.1, 0.15) is 16.5 Å². The summed E-state index contributed by atoms with van der Waals surface area (Å²) >= 11 is 1.28. The highest BCUT2D eigenvalue weighted by atomic mass is 32.1. The van der Waals surface area contributed by atoms with Crippen LogP contribution in [-0.4, -0.2) is 61.0 Å². The number of carbonyl (C=O) groups is 2. The van der Waals surface area contributed by atoms with Crippen molar-refractivity contribution in [3.05, 3.63) is 52.0 Å². The van der Waals surface area contributed by atoms with E-state index in [0.29, 0.717) is 52.3 Å². The standard InChI is InChI=1S/C24H24N4O6S/c1-31-17-9-15(10-18(12-17)32-2)24(30)28-7-5-14(6-8-28)22-26-27-23(35-22)21(29)25-16-3-4-19-20(11-16)34-13-33-19/h3-4,9-12,14H,5-8,13H2,1-2H3,(H,25,29). The number of rotatable bonds is 6. The van der Waals surface area contributed by atoms with Gasteiger partial charge in [-0.25, -0.2) is 0 Å². The van der Waals surface area contributed by atoms with E-state index in [-0.39, 0.29) is 24.5 Å². The van der Waals surface area contributed by atoms with E-state index in [9.17, 15) is 9.59 Å². The van der Waals surface area contributed by atoms with Crippen LogP contribution in [0, 0.1) is 0 Å². The van der Waals surface area contributed by atoms with Gasteiger partial charge in [0.25, 0.3) is 11.8 Å². The van der Waals surface area contributed by atoms with Crippen LogP contribution in [0.2, 0.25) is 0 Å². The third kappa shape index (κ3) is 4.85. The Kier molecular flexibility index (Phi) is 6.41. The maximum absolute atomic E-state index is 13.0. The smallest absolute Gasteiger partial charge is 0.286 e. The molecule has 0 aliphatic carbocycles. The molecule has 1 N–H and O–H groups in total. The Balaban J connectivity index is 1.19. The van der Waals surface area contributed by atoms with Gasteiger partial charge in [-0.1, -0.05) is 11.3 Å². The van der Waals surface area contributed by atoms with Crippen molar-refractivity contribution in [2.75, 3.05) is 39.4 Å². The summed E-state index contributed by atoms with van der Waals surface area (Å²) in [4.78, 5) is 27.5. The van der Waals surface area contributed by atoms with Crippen LogP contribution in [0.25, 0.3) is 0 Å². The molecule has 35 heavy (non-hydrogen) atoms. The molecule has 0 atom stereocenters. The number of methoxy groups -OCH3 is 2. The number of nitrogens with zero attached hydrogens (tertiary/aromatic N) is 3. The summed E-state index contributed by atoms with van der Waals surface area (Å²) in [5.41, 5.74) is 1.12. The van der Waals surface area contributed by atoms with Gasteiger partial charge in [0.05, 0.1) is 14.2 Å². The summed E-state index contributed by atoms with van der Waals surface area (Å²) in [6.45, 7) is 1.34. The number of hydrogen-bond donors (Lipinski definition) is 1. The number of piperidine rings is 1. The number of hydrogen-bond acceptors (Lipinski definition) is 9. The van der Waals surface area contributed by atoms with E-state index in [4.69, 9.17) is 18.9 Å². The lowest BCUT2D eigenvalue weighted by Crippen LogP contribution is -2.37. The lowest BCUT2D eigenvalue weighted by Gasteiger charge is -2.31. The van der Waals surface area contributed by atoms with Crippen LogP contribution >= 0.6 is 11.3 Å². The molecule has 5 rings (SSSR count). The molecule has 2 aliphatic heterocycles. The third-order valence-electron chi connectivity index (χ3n) is 6.00. The highest BCUT2D eigenvalue weighted by Crippen LogP contribution is 2.35. The van der Waals surface area contributed by atoms with Crippen LogP contribution in [0.4, 0.5) is 5.69 Å². The Labute approximate surface area is 205 Å². The maximum Gasteiger partial charge on any atom is 0.286 e. The van der Waals surface area contributed by atoms with Crippen LogP contribution in [-0.2, 0) is 0 Å². The Hall–Kier alpha value is -3.86. The van der Waals surface area contributed by atoms with Crippen molar-refractivity contribution in [1.29, 1.82) is 0 Å². The highest BCUT2D eigenvalue weighted by molar-refractivity contribution is 7.13. The van der Waals surface area contributed by atoms with Crippen molar-refractivity contribution in [3.8, 4) is 23.0 Å². The van der Waals surface area contributed by atoms with Crippen LogP contribution in [0.5, 0.6) is 23.0 Å². The molecule has 0 spiro atoms. The summed E-state index contributed by atoms with van der Waals surface area (Å²) in [5, 5.41) is 12.3. The Bertz CT molecular complexity index is 1230. The first-order chi connectivity index (χ1) is 17.0. The molecule has 2 amide bonds. The minimum absolute atomic E-state index is 0.0679. The zero-order valence-corrected chi connectivity index (χ0v) is 20.1. The second-order valence-electron chi connectivity index (χ2n) is 8.14. The van der Waals surface area contributed by atoms with Crippen LogP contribution in [0.15, 0.2) is 36.4 Å². The molecule has 1 fully saturated rings. The van der Waals surface area contributed by atoms with Gasteiger partial charge in [-0.15, -0.1) is 10.2 Å². The molecule has 0 bridgehead atoms. The molecule has 0 radical (unpaired) electrons. The van der Waals surface area contributed by atoms with E-state index in [1.807, 2.05) is 4.90 Å². The summed E-state index contributed by atoms with van der Waals surface area (Å²) in [7, 11) is 3.11. The summed E-state index contributed by atoms with van der Waals surface area (Å²) in [6.07, 6.45) is 1.48. The van der Waals surface area contributed by atoms with Crippen LogP contribution in [0.3, 0.4) is 0 Å². The van der Waals surface area contributed by atoms with E-state index in [1.54, 1.807) is 50.6 Å². The Morgan fingerprint density at radius 2 is 1.71 bits per heavy atom. The molecule has 11 heteroatoms. The Morgan fingerprint density at radius 1 is 1.00 bits per heavy atom. The number of benzene rings is 2.